The van der Waals surface area contributed by atoms with Crippen molar-refractivity contribution in [3.05, 3.63) is 0 Å². The summed E-state index contributed by atoms with van der Waals surface area (Å²) in [5, 5.41) is 2.98. The summed E-state index contributed by atoms with van der Waals surface area (Å²) in [6, 6.07) is 0. The lowest BCUT2D eigenvalue weighted by molar-refractivity contribution is -0.138. The largest absolute Gasteiger partial charge is 0.384 e. The van der Waals surface area contributed by atoms with E-state index >= 15 is 0 Å². The highest BCUT2D eigenvalue weighted by Crippen LogP contribution is 2.44. The fourth-order valence-electron chi connectivity index (χ4n) is 2.52. The van der Waals surface area contributed by atoms with Crippen molar-refractivity contribution in [1.29, 1.82) is 0 Å². The zero-order valence-corrected chi connectivity index (χ0v) is 10.6. The molecule has 1 saturated carbocycles. The van der Waals surface area contributed by atoms with Crippen LogP contribution in [-0.2, 0) is 9.53 Å². The van der Waals surface area contributed by atoms with E-state index in [2.05, 4.69) is 19.2 Å². The summed E-state index contributed by atoms with van der Waals surface area (Å²) in [7, 11) is 1.67. The highest BCUT2D eigenvalue weighted by Gasteiger charge is 2.46. The van der Waals surface area contributed by atoms with E-state index in [1.807, 2.05) is 0 Å². The zero-order chi connectivity index (χ0) is 12.2. The SMILES string of the molecule is COCC(C)CNC(=O)C1(CN)CC(C)C1. The minimum atomic E-state index is -0.286. The molecule has 0 bridgehead atoms. The summed E-state index contributed by atoms with van der Waals surface area (Å²) < 4.78 is 5.03. The second-order valence-corrected chi connectivity index (χ2v) is 5.27. The average molecular weight is 228 g/mol. The molecule has 0 saturated heterocycles. The van der Waals surface area contributed by atoms with Crippen LogP contribution in [0.25, 0.3) is 0 Å². The standard InChI is InChI=1S/C12H24N2O2/c1-9-4-12(5-9,8-13)11(15)14-6-10(2)7-16-3/h9-10H,4-8,13H2,1-3H3,(H,14,15). The fraction of sp³-hybridized carbons (Fsp3) is 0.917. The van der Waals surface area contributed by atoms with Gasteiger partial charge < -0.3 is 15.8 Å². The second kappa shape index (κ2) is 5.64. The lowest BCUT2D eigenvalue weighted by atomic mass is 9.62. The number of carbonyl (C=O) groups excluding carboxylic acids is 1. The Morgan fingerprint density at radius 1 is 1.62 bits per heavy atom. The third-order valence-corrected chi connectivity index (χ3v) is 3.41. The number of amides is 1. The molecule has 1 aliphatic carbocycles. The number of ether oxygens (including phenoxy) is 1. The van der Waals surface area contributed by atoms with Crippen molar-refractivity contribution in [3.8, 4) is 0 Å². The summed E-state index contributed by atoms with van der Waals surface area (Å²) in [6.07, 6.45) is 1.85. The van der Waals surface area contributed by atoms with Gasteiger partial charge in [-0.3, -0.25) is 4.79 Å². The minimum absolute atomic E-state index is 0.121. The average Bonchev–Trinajstić information content (AvgIpc) is 2.21. The monoisotopic (exact) mass is 228 g/mol. The van der Waals surface area contributed by atoms with Crippen molar-refractivity contribution in [2.45, 2.75) is 26.7 Å². The first kappa shape index (κ1) is 13.5. The Balaban J connectivity index is 2.34. The van der Waals surface area contributed by atoms with Gasteiger partial charge >= 0.3 is 0 Å². The van der Waals surface area contributed by atoms with Gasteiger partial charge in [-0.25, -0.2) is 0 Å². The van der Waals surface area contributed by atoms with E-state index in [0.29, 0.717) is 31.5 Å². The van der Waals surface area contributed by atoms with Crippen LogP contribution in [-0.4, -0.2) is 32.7 Å². The number of nitrogens with two attached hydrogens (primary N) is 1. The van der Waals surface area contributed by atoms with Crippen molar-refractivity contribution in [2.24, 2.45) is 23.0 Å². The van der Waals surface area contributed by atoms with Gasteiger partial charge in [0, 0.05) is 20.2 Å². The van der Waals surface area contributed by atoms with E-state index in [1.165, 1.54) is 0 Å². The number of rotatable bonds is 6. The van der Waals surface area contributed by atoms with Crippen LogP contribution in [0.5, 0.6) is 0 Å². The maximum absolute atomic E-state index is 12.0. The first-order valence-corrected chi connectivity index (χ1v) is 6.01. The maximum Gasteiger partial charge on any atom is 0.227 e. The Morgan fingerprint density at radius 3 is 2.69 bits per heavy atom. The summed E-state index contributed by atoms with van der Waals surface area (Å²) in [5.74, 6) is 1.10. The van der Waals surface area contributed by atoms with Gasteiger partial charge in [-0.2, -0.15) is 0 Å². The summed E-state index contributed by atoms with van der Waals surface area (Å²) in [6.45, 7) is 6.02. The van der Waals surface area contributed by atoms with Gasteiger partial charge in [0.05, 0.1) is 12.0 Å². The number of hydrogen-bond acceptors (Lipinski definition) is 3. The highest BCUT2D eigenvalue weighted by molar-refractivity contribution is 5.83. The van der Waals surface area contributed by atoms with Gasteiger partial charge in [0.2, 0.25) is 5.91 Å². The molecule has 0 spiro atoms. The van der Waals surface area contributed by atoms with Crippen LogP contribution >= 0.6 is 0 Å². The predicted octanol–water partition coefficient (Wildman–Crippen LogP) is 0.760. The van der Waals surface area contributed by atoms with Crippen molar-refractivity contribution in [2.75, 3.05) is 26.8 Å². The first-order chi connectivity index (χ1) is 7.54. The molecule has 16 heavy (non-hydrogen) atoms. The molecular weight excluding hydrogens is 204 g/mol. The molecule has 1 fully saturated rings. The van der Waals surface area contributed by atoms with Crippen molar-refractivity contribution in [3.63, 3.8) is 0 Å². The molecule has 0 aliphatic heterocycles. The molecule has 4 heteroatoms. The van der Waals surface area contributed by atoms with Gasteiger partial charge in [0.25, 0.3) is 0 Å². The lowest BCUT2D eigenvalue weighted by Gasteiger charge is -2.44. The molecule has 3 N–H and O–H groups in total. The Morgan fingerprint density at radius 2 is 2.25 bits per heavy atom. The van der Waals surface area contributed by atoms with Crippen LogP contribution in [0.15, 0.2) is 0 Å². The van der Waals surface area contributed by atoms with Gasteiger partial charge in [0.15, 0.2) is 0 Å². The molecule has 0 heterocycles. The maximum atomic E-state index is 12.0. The fourth-order valence-corrected chi connectivity index (χ4v) is 2.52. The topological polar surface area (TPSA) is 64.3 Å². The third-order valence-electron chi connectivity index (χ3n) is 3.41. The van der Waals surface area contributed by atoms with E-state index in [1.54, 1.807) is 7.11 Å². The molecule has 1 amide bonds. The molecular formula is C12H24N2O2. The first-order valence-electron chi connectivity index (χ1n) is 6.01. The Kier molecular flexibility index (Phi) is 4.74. The molecule has 1 atom stereocenters. The van der Waals surface area contributed by atoms with E-state index in [9.17, 15) is 4.79 Å². The van der Waals surface area contributed by atoms with E-state index in [4.69, 9.17) is 10.5 Å². The van der Waals surface area contributed by atoms with Gasteiger partial charge in [0.1, 0.15) is 0 Å². The summed E-state index contributed by atoms with van der Waals surface area (Å²) in [5.41, 5.74) is 5.43. The van der Waals surface area contributed by atoms with Crippen LogP contribution in [0.1, 0.15) is 26.7 Å². The zero-order valence-electron chi connectivity index (χ0n) is 10.6. The molecule has 0 aromatic heterocycles. The molecule has 4 nitrogen and oxygen atoms in total. The molecule has 1 rings (SSSR count). The number of carbonyl (C=O) groups is 1. The molecule has 0 aromatic carbocycles. The normalized spacial score (nSPS) is 30.6. The number of hydrogen-bond donors (Lipinski definition) is 2. The van der Waals surface area contributed by atoms with E-state index < -0.39 is 0 Å². The van der Waals surface area contributed by atoms with E-state index in [0.717, 1.165) is 12.8 Å². The number of methoxy groups -OCH3 is 1. The van der Waals surface area contributed by atoms with Crippen LogP contribution in [0.3, 0.4) is 0 Å². The summed E-state index contributed by atoms with van der Waals surface area (Å²) >= 11 is 0. The predicted molar refractivity (Wildman–Crippen MR) is 63.9 cm³/mol. The smallest absolute Gasteiger partial charge is 0.227 e. The lowest BCUT2D eigenvalue weighted by Crippen LogP contribution is -2.54. The van der Waals surface area contributed by atoms with Crippen molar-refractivity contribution in [1.82, 2.24) is 5.32 Å². The van der Waals surface area contributed by atoms with Crippen molar-refractivity contribution < 1.29 is 9.53 Å². The number of nitrogens with one attached hydrogen (secondary N) is 1. The quantitative estimate of drug-likeness (QED) is 0.705. The van der Waals surface area contributed by atoms with Crippen molar-refractivity contribution >= 4 is 5.91 Å². The molecule has 1 unspecified atom stereocenters. The van der Waals surface area contributed by atoms with Crippen LogP contribution in [0, 0.1) is 17.3 Å². The Labute approximate surface area is 97.9 Å². The Hall–Kier alpha value is -0.610. The van der Waals surface area contributed by atoms with Gasteiger partial charge in [-0.15, -0.1) is 0 Å². The van der Waals surface area contributed by atoms with Gasteiger partial charge in [-0.05, 0) is 24.7 Å². The van der Waals surface area contributed by atoms with Crippen LogP contribution in [0.2, 0.25) is 0 Å². The van der Waals surface area contributed by atoms with E-state index in [-0.39, 0.29) is 11.3 Å². The van der Waals surface area contributed by atoms with Crippen LogP contribution in [0.4, 0.5) is 0 Å². The van der Waals surface area contributed by atoms with Crippen LogP contribution < -0.4 is 11.1 Å². The second-order valence-electron chi connectivity index (χ2n) is 5.27. The summed E-state index contributed by atoms with van der Waals surface area (Å²) in [4.78, 5) is 12.0. The molecule has 1 aliphatic rings. The minimum Gasteiger partial charge on any atom is -0.384 e. The van der Waals surface area contributed by atoms with Gasteiger partial charge in [-0.1, -0.05) is 13.8 Å². The Bertz CT molecular complexity index is 237. The molecule has 0 radical (unpaired) electrons. The molecule has 0 aromatic rings. The highest BCUT2D eigenvalue weighted by atomic mass is 16.5. The third kappa shape index (κ3) is 2.95. The molecule has 94 valence electrons.